The Labute approximate surface area is 522 Å². The molecule has 0 aromatic rings. The highest BCUT2D eigenvalue weighted by Gasteiger charge is 2.30. The zero-order chi connectivity index (χ0) is 63.5. The lowest BCUT2D eigenvalue weighted by Gasteiger charge is -2.21. The standard InChI is InChI=1S/C67H126O17P2/c1-6-9-12-15-18-21-23-24-25-26-28-32-38-43-48-53-67(72)84-63(57-78-65(70)51-46-41-36-33-29-30-34-39-44-49-60(4)5)59-82-86(75,76)80-55-61(68)54-79-85(73,74)81-58-62(56-77-64(69)50-45-40-35-20-17-14-11-8-3)83-66(71)52-47-42-37-31-27-22-19-16-13-10-7-2/h21,23-25,60-63,68H,6-20,22,26-59H2,1-5H3,(H,73,74)(H,75,76)/b23-21-,25-24-/t61-,62+,63+/m0/s1. The average molecular weight is 1270 g/mol. The van der Waals surface area contributed by atoms with Gasteiger partial charge in [-0.25, -0.2) is 9.13 Å². The third-order valence-corrected chi connectivity index (χ3v) is 16.8. The largest absolute Gasteiger partial charge is 0.472 e. The van der Waals surface area contributed by atoms with Crippen molar-refractivity contribution in [2.45, 2.75) is 335 Å². The van der Waals surface area contributed by atoms with Crippen LogP contribution in [0.2, 0.25) is 0 Å². The van der Waals surface area contributed by atoms with Gasteiger partial charge >= 0.3 is 39.5 Å². The summed E-state index contributed by atoms with van der Waals surface area (Å²) in [6, 6.07) is 0. The maximum Gasteiger partial charge on any atom is 0.472 e. The predicted molar refractivity (Wildman–Crippen MR) is 344 cm³/mol. The van der Waals surface area contributed by atoms with Crippen LogP contribution in [0.3, 0.4) is 0 Å². The van der Waals surface area contributed by atoms with Crippen LogP contribution in [0, 0.1) is 5.92 Å². The molecule has 0 fully saturated rings. The van der Waals surface area contributed by atoms with Crippen molar-refractivity contribution in [3.63, 3.8) is 0 Å². The monoisotopic (exact) mass is 1260 g/mol. The van der Waals surface area contributed by atoms with E-state index in [4.69, 9.17) is 37.0 Å². The molecule has 0 rings (SSSR count). The first kappa shape index (κ1) is 83.5. The smallest absolute Gasteiger partial charge is 0.462 e. The van der Waals surface area contributed by atoms with E-state index < -0.39 is 97.5 Å². The number of ether oxygens (including phenoxy) is 4. The molecule has 0 aromatic carbocycles. The summed E-state index contributed by atoms with van der Waals surface area (Å²) in [7, 11) is -9.90. The second-order valence-corrected chi connectivity index (χ2v) is 26.9. The molecule has 0 aliphatic carbocycles. The van der Waals surface area contributed by atoms with E-state index >= 15 is 0 Å². The van der Waals surface area contributed by atoms with Crippen molar-refractivity contribution < 1.29 is 80.2 Å². The summed E-state index contributed by atoms with van der Waals surface area (Å²) in [6.45, 7) is 7.10. The number of allylic oxidation sites excluding steroid dienone is 4. The first-order valence-corrected chi connectivity index (χ1v) is 37.4. The van der Waals surface area contributed by atoms with E-state index in [9.17, 15) is 43.2 Å². The zero-order valence-electron chi connectivity index (χ0n) is 54.9. The van der Waals surface area contributed by atoms with Gasteiger partial charge in [0.15, 0.2) is 12.2 Å². The van der Waals surface area contributed by atoms with Crippen molar-refractivity contribution >= 4 is 39.5 Å². The summed E-state index contributed by atoms with van der Waals surface area (Å²) >= 11 is 0. The highest BCUT2D eigenvalue weighted by molar-refractivity contribution is 7.47. The van der Waals surface area contributed by atoms with Gasteiger partial charge in [0, 0.05) is 25.7 Å². The molecule has 0 saturated heterocycles. The highest BCUT2D eigenvalue weighted by Crippen LogP contribution is 2.45. The van der Waals surface area contributed by atoms with Gasteiger partial charge in [-0.3, -0.25) is 37.3 Å². The zero-order valence-corrected chi connectivity index (χ0v) is 56.7. The third-order valence-electron chi connectivity index (χ3n) is 14.9. The molecule has 0 saturated carbocycles. The molecule has 5 atom stereocenters. The van der Waals surface area contributed by atoms with E-state index in [0.29, 0.717) is 25.7 Å². The summed E-state index contributed by atoms with van der Waals surface area (Å²) in [4.78, 5) is 72.3. The van der Waals surface area contributed by atoms with Crippen LogP contribution in [-0.2, 0) is 65.4 Å². The molecule has 0 bridgehead atoms. The maximum absolute atomic E-state index is 13.0. The Balaban J connectivity index is 5.27. The minimum absolute atomic E-state index is 0.0847. The fraction of sp³-hybridized carbons (Fsp3) is 0.881. The Hall–Kier alpha value is -2.46. The molecule has 0 aliphatic rings. The normalized spacial score (nSPS) is 14.3. The van der Waals surface area contributed by atoms with E-state index in [2.05, 4.69) is 58.9 Å². The molecule has 506 valence electrons. The Kier molecular flexibility index (Phi) is 58.4. The number of esters is 4. The predicted octanol–water partition coefficient (Wildman–Crippen LogP) is 18.5. The number of hydrogen-bond acceptors (Lipinski definition) is 15. The second-order valence-electron chi connectivity index (χ2n) is 24.0. The van der Waals surface area contributed by atoms with Gasteiger partial charge in [-0.05, 0) is 57.3 Å². The number of carbonyl (C=O) groups excluding carboxylic acids is 4. The van der Waals surface area contributed by atoms with E-state index in [0.717, 1.165) is 115 Å². The summed E-state index contributed by atoms with van der Waals surface area (Å²) in [6.07, 6.45) is 48.0. The SMILES string of the molecule is CCCCCC/C=C\C=C/CCCCCCCC(=O)O[C@H](COC(=O)CCCCCCCCCCCC(C)C)COP(=O)(O)OC[C@@H](O)COP(=O)(O)OC[C@@H](COC(=O)CCCCCCCCCC)OC(=O)CCCCCCCCCCCCC. The van der Waals surface area contributed by atoms with E-state index in [1.165, 1.54) is 122 Å². The van der Waals surface area contributed by atoms with Crippen LogP contribution in [0.5, 0.6) is 0 Å². The van der Waals surface area contributed by atoms with Crippen molar-refractivity contribution in [2.24, 2.45) is 5.92 Å². The van der Waals surface area contributed by atoms with Crippen LogP contribution in [-0.4, -0.2) is 96.7 Å². The number of aliphatic hydroxyl groups is 1. The Morgan fingerprint density at radius 3 is 0.953 bits per heavy atom. The van der Waals surface area contributed by atoms with Crippen LogP contribution in [0.1, 0.15) is 317 Å². The van der Waals surface area contributed by atoms with Crippen molar-refractivity contribution in [3.8, 4) is 0 Å². The molecule has 3 N–H and O–H groups in total. The van der Waals surface area contributed by atoms with Gasteiger partial charge in [0.2, 0.25) is 0 Å². The van der Waals surface area contributed by atoms with Gasteiger partial charge in [0.1, 0.15) is 19.3 Å². The van der Waals surface area contributed by atoms with Gasteiger partial charge in [0.05, 0.1) is 26.4 Å². The maximum atomic E-state index is 13.0. The Bertz CT molecular complexity index is 1760. The fourth-order valence-corrected chi connectivity index (χ4v) is 11.2. The molecule has 0 spiro atoms. The van der Waals surface area contributed by atoms with Crippen LogP contribution in [0.15, 0.2) is 24.3 Å². The number of phosphoric acid groups is 2. The number of rotatable bonds is 65. The molecule has 86 heavy (non-hydrogen) atoms. The lowest BCUT2D eigenvalue weighted by atomic mass is 10.0. The third kappa shape index (κ3) is 60.5. The van der Waals surface area contributed by atoms with Crippen LogP contribution >= 0.6 is 15.6 Å². The lowest BCUT2D eigenvalue weighted by Crippen LogP contribution is -2.30. The molecule has 17 nitrogen and oxygen atoms in total. The molecule has 0 heterocycles. The molecule has 0 aliphatic heterocycles. The summed E-state index contributed by atoms with van der Waals surface area (Å²) < 4.78 is 68.0. The topological polar surface area (TPSA) is 237 Å². The van der Waals surface area contributed by atoms with Crippen molar-refractivity contribution in [3.05, 3.63) is 24.3 Å². The quantitative estimate of drug-likeness (QED) is 0.0169. The Morgan fingerprint density at radius 1 is 0.360 bits per heavy atom. The van der Waals surface area contributed by atoms with E-state index in [1.54, 1.807) is 0 Å². The Morgan fingerprint density at radius 2 is 0.628 bits per heavy atom. The number of hydrogen-bond donors (Lipinski definition) is 3. The van der Waals surface area contributed by atoms with Gasteiger partial charge in [-0.1, -0.05) is 264 Å². The number of aliphatic hydroxyl groups excluding tert-OH is 1. The van der Waals surface area contributed by atoms with Crippen LogP contribution in [0.4, 0.5) is 0 Å². The van der Waals surface area contributed by atoms with Crippen LogP contribution < -0.4 is 0 Å². The van der Waals surface area contributed by atoms with E-state index in [-0.39, 0.29) is 25.7 Å². The van der Waals surface area contributed by atoms with Gasteiger partial charge in [0.25, 0.3) is 0 Å². The van der Waals surface area contributed by atoms with Crippen molar-refractivity contribution in [1.29, 1.82) is 0 Å². The summed E-state index contributed by atoms with van der Waals surface area (Å²) in [5, 5.41) is 10.5. The summed E-state index contributed by atoms with van der Waals surface area (Å²) in [5.41, 5.74) is 0. The highest BCUT2D eigenvalue weighted by atomic mass is 31.2. The first-order chi connectivity index (χ1) is 41.5. The molecule has 0 aromatic heterocycles. The van der Waals surface area contributed by atoms with E-state index in [1.807, 2.05) is 0 Å². The lowest BCUT2D eigenvalue weighted by molar-refractivity contribution is -0.161. The molecule has 0 radical (unpaired) electrons. The number of unbranched alkanes of at least 4 members (excludes halogenated alkanes) is 34. The second kappa shape index (κ2) is 60.1. The number of phosphoric ester groups is 2. The molecular weight excluding hydrogens is 1140 g/mol. The molecule has 19 heteroatoms. The van der Waals surface area contributed by atoms with Gasteiger partial charge in [-0.15, -0.1) is 0 Å². The molecule has 2 unspecified atom stereocenters. The van der Waals surface area contributed by atoms with Gasteiger partial charge < -0.3 is 33.8 Å². The fourth-order valence-electron chi connectivity index (χ4n) is 9.57. The van der Waals surface area contributed by atoms with Crippen molar-refractivity contribution in [1.82, 2.24) is 0 Å². The molecular formula is C67H126O17P2. The van der Waals surface area contributed by atoms with Gasteiger partial charge in [-0.2, -0.15) is 0 Å². The minimum atomic E-state index is -4.96. The summed E-state index contributed by atoms with van der Waals surface area (Å²) in [5.74, 6) is -1.42. The minimum Gasteiger partial charge on any atom is -0.462 e. The average Bonchev–Trinajstić information content (AvgIpc) is 3.61. The van der Waals surface area contributed by atoms with Crippen LogP contribution in [0.25, 0.3) is 0 Å². The van der Waals surface area contributed by atoms with Crippen molar-refractivity contribution in [2.75, 3.05) is 39.6 Å². The number of carbonyl (C=O) groups is 4. The molecule has 0 amide bonds. The first-order valence-electron chi connectivity index (χ1n) is 34.5.